The van der Waals surface area contributed by atoms with E-state index in [4.69, 9.17) is 4.42 Å². The first-order chi connectivity index (χ1) is 13.0. The third kappa shape index (κ3) is 3.35. The first-order valence-corrected chi connectivity index (χ1v) is 9.44. The van der Waals surface area contributed by atoms with Crippen LogP contribution < -0.4 is 0 Å². The number of fused-ring (bicyclic) bond motifs is 1. The lowest BCUT2D eigenvalue weighted by molar-refractivity contribution is 0.0376. The van der Waals surface area contributed by atoms with Crippen LogP contribution in [0.25, 0.3) is 10.8 Å². The van der Waals surface area contributed by atoms with E-state index >= 15 is 0 Å². The van der Waals surface area contributed by atoms with Gasteiger partial charge in [-0.1, -0.05) is 56.3 Å². The van der Waals surface area contributed by atoms with E-state index in [1.54, 1.807) is 4.90 Å². The Bertz CT molecular complexity index is 963. The van der Waals surface area contributed by atoms with Gasteiger partial charge in [0.05, 0.1) is 6.10 Å². The molecule has 0 saturated carbocycles. The van der Waals surface area contributed by atoms with Crippen molar-refractivity contribution in [3.8, 4) is 0 Å². The summed E-state index contributed by atoms with van der Waals surface area (Å²) in [7, 11) is 0. The molecule has 140 valence electrons. The van der Waals surface area contributed by atoms with Crippen molar-refractivity contribution >= 4 is 16.7 Å². The summed E-state index contributed by atoms with van der Waals surface area (Å²) in [5.41, 5.74) is 1.49. The van der Waals surface area contributed by atoms with E-state index in [2.05, 4.69) is 35.3 Å². The smallest absolute Gasteiger partial charge is 0.276 e. The van der Waals surface area contributed by atoms with Crippen molar-refractivity contribution in [2.45, 2.75) is 38.2 Å². The van der Waals surface area contributed by atoms with Crippen LogP contribution >= 0.6 is 0 Å². The van der Waals surface area contributed by atoms with E-state index in [1.165, 1.54) is 17.2 Å². The molecule has 4 rings (SSSR count). The van der Waals surface area contributed by atoms with Crippen molar-refractivity contribution in [3.63, 3.8) is 0 Å². The maximum atomic E-state index is 12.8. The molecule has 0 radical (unpaired) electrons. The fraction of sp³-hybridized carbons (Fsp3) is 0.364. The second kappa shape index (κ2) is 7.16. The van der Waals surface area contributed by atoms with Crippen molar-refractivity contribution in [1.29, 1.82) is 0 Å². The predicted molar refractivity (Wildman–Crippen MR) is 104 cm³/mol. The van der Waals surface area contributed by atoms with E-state index in [9.17, 15) is 9.90 Å². The summed E-state index contributed by atoms with van der Waals surface area (Å²) in [5.74, 6) is 0.557. The molecule has 5 heteroatoms. The molecule has 3 aromatic rings. The minimum Gasteiger partial charge on any atom is -0.447 e. The molecule has 2 aromatic carbocycles. The van der Waals surface area contributed by atoms with Gasteiger partial charge in [-0.2, -0.15) is 0 Å². The summed E-state index contributed by atoms with van der Waals surface area (Å²) in [6.45, 7) is 4.84. The van der Waals surface area contributed by atoms with Crippen LogP contribution in [0.15, 0.2) is 53.3 Å². The number of benzene rings is 2. The molecule has 1 aliphatic rings. The highest BCUT2D eigenvalue weighted by atomic mass is 16.3. The summed E-state index contributed by atoms with van der Waals surface area (Å²) >= 11 is 0. The number of oxazole rings is 1. The molecular weight excluding hydrogens is 340 g/mol. The summed E-state index contributed by atoms with van der Waals surface area (Å²) < 4.78 is 5.38. The Labute approximate surface area is 158 Å². The fourth-order valence-electron chi connectivity index (χ4n) is 3.92. The summed E-state index contributed by atoms with van der Waals surface area (Å²) in [6, 6.07) is 14.5. The summed E-state index contributed by atoms with van der Waals surface area (Å²) in [5, 5.41) is 13.1. The van der Waals surface area contributed by atoms with Gasteiger partial charge in [0.2, 0.25) is 0 Å². The van der Waals surface area contributed by atoms with Gasteiger partial charge in [0, 0.05) is 24.9 Å². The number of hydrogen-bond donors (Lipinski definition) is 1. The van der Waals surface area contributed by atoms with Crippen LogP contribution in [0, 0.1) is 0 Å². The van der Waals surface area contributed by atoms with Crippen LogP contribution in [0.2, 0.25) is 0 Å². The number of β-amino-alcohol motifs (C(OH)–C–C–N with tert-alkyl or cyclic N) is 1. The zero-order chi connectivity index (χ0) is 19.0. The normalized spacial score (nSPS) is 20.4. The van der Waals surface area contributed by atoms with Gasteiger partial charge in [-0.15, -0.1) is 0 Å². The topological polar surface area (TPSA) is 66.6 Å². The number of hydrogen-bond acceptors (Lipinski definition) is 4. The molecule has 1 N–H and O–H groups in total. The van der Waals surface area contributed by atoms with Gasteiger partial charge in [-0.05, 0) is 22.8 Å². The largest absolute Gasteiger partial charge is 0.447 e. The molecule has 0 bridgehead atoms. The molecule has 0 aliphatic carbocycles. The number of carbonyl (C=O) groups is 1. The van der Waals surface area contributed by atoms with Crippen LogP contribution in [-0.4, -0.2) is 40.1 Å². The summed E-state index contributed by atoms with van der Waals surface area (Å²) in [4.78, 5) is 18.6. The number of amides is 1. The zero-order valence-corrected chi connectivity index (χ0v) is 15.6. The van der Waals surface area contributed by atoms with Crippen LogP contribution in [-0.2, 0) is 0 Å². The second-order valence-electron chi connectivity index (χ2n) is 7.54. The second-order valence-corrected chi connectivity index (χ2v) is 7.54. The molecular formula is C22H24N2O3. The van der Waals surface area contributed by atoms with Gasteiger partial charge in [-0.25, -0.2) is 4.98 Å². The average Bonchev–Trinajstić information content (AvgIpc) is 3.17. The zero-order valence-electron chi connectivity index (χ0n) is 15.6. The number of piperidine rings is 1. The molecule has 1 amide bonds. The Balaban J connectivity index is 1.51. The van der Waals surface area contributed by atoms with Crippen LogP contribution in [0.1, 0.15) is 53.9 Å². The van der Waals surface area contributed by atoms with Gasteiger partial charge in [0.25, 0.3) is 5.91 Å². The molecule has 0 spiro atoms. The molecule has 5 nitrogen and oxygen atoms in total. The first kappa shape index (κ1) is 17.7. The Morgan fingerprint density at radius 3 is 2.74 bits per heavy atom. The lowest BCUT2D eigenvalue weighted by Gasteiger charge is -2.36. The van der Waals surface area contributed by atoms with Crippen molar-refractivity contribution in [2.24, 2.45) is 0 Å². The lowest BCUT2D eigenvalue weighted by Crippen LogP contribution is -2.46. The minimum atomic E-state index is -0.599. The van der Waals surface area contributed by atoms with Crippen molar-refractivity contribution < 1.29 is 14.3 Å². The van der Waals surface area contributed by atoms with Gasteiger partial charge >= 0.3 is 0 Å². The Kier molecular flexibility index (Phi) is 4.70. The third-order valence-corrected chi connectivity index (χ3v) is 5.39. The molecule has 27 heavy (non-hydrogen) atoms. The van der Waals surface area contributed by atoms with Crippen molar-refractivity contribution in [2.75, 3.05) is 13.1 Å². The van der Waals surface area contributed by atoms with Crippen LogP contribution in [0.3, 0.4) is 0 Å². The van der Waals surface area contributed by atoms with E-state index < -0.39 is 6.10 Å². The lowest BCUT2D eigenvalue weighted by atomic mass is 9.86. The molecule has 1 aliphatic heterocycles. The highest BCUT2D eigenvalue weighted by molar-refractivity contribution is 5.93. The van der Waals surface area contributed by atoms with E-state index in [-0.39, 0.29) is 17.7 Å². The SMILES string of the molecule is CC(C)c1ocnc1C(=O)N1CC[C@@H](c2ccc3ccccc3c2)[C@H](O)C1. The van der Waals surface area contributed by atoms with Crippen LogP contribution in [0.4, 0.5) is 0 Å². The maximum absolute atomic E-state index is 12.8. The number of aliphatic hydroxyl groups is 1. The molecule has 2 atom stereocenters. The van der Waals surface area contributed by atoms with Crippen LogP contribution in [0.5, 0.6) is 0 Å². The summed E-state index contributed by atoms with van der Waals surface area (Å²) in [6.07, 6.45) is 1.44. The van der Waals surface area contributed by atoms with Gasteiger partial charge in [0.1, 0.15) is 5.76 Å². The van der Waals surface area contributed by atoms with Gasteiger partial charge in [0.15, 0.2) is 12.1 Å². The minimum absolute atomic E-state index is 0.0283. The standard InChI is InChI=1S/C22H24N2O3/c1-14(2)21-20(23-13-27-21)22(26)24-10-9-18(19(25)12-24)17-8-7-15-5-3-4-6-16(15)11-17/h3-8,11,13-14,18-19,25H,9-10,12H2,1-2H3/t18-,19+/m0/s1. The van der Waals surface area contributed by atoms with Crippen molar-refractivity contribution in [3.05, 3.63) is 65.9 Å². The molecule has 1 saturated heterocycles. The van der Waals surface area contributed by atoms with Gasteiger partial charge < -0.3 is 14.4 Å². The number of carbonyl (C=O) groups excluding carboxylic acids is 1. The number of aromatic nitrogens is 1. The third-order valence-electron chi connectivity index (χ3n) is 5.39. The number of rotatable bonds is 3. The Morgan fingerprint density at radius 1 is 1.22 bits per heavy atom. The number of aliphatic hydroxyl groups excluding tert-OH is 1. The highest BCUT2D eigenvalue weighted by Crippen LogP contribution is 2.31. The Hall–Kier alpha value is -2.66. The van der Waals surface area contributed by atoms with E-state index in [0.717, 1.165) is 12.0 Å². The first-order valence-electron chi connectivity index (χ1n) is 9.44. The Morgan fingerprint density at radius 2 is 2.00 bits per heavy atom. The molecule has 1 fully saturated rings. The quantitative estimate of drug-likeness (QED) is 0.764. The number of nitrogens with zero attached hydrogens (tertiary/aromatic N) is 2. The van der Waals surface area contributed by atoms with E-state index in [1.807, 2.05) is 26.0 Å². The molecule has 2 heterocycles. The van der Waals surface area contributed by atoms with Crippen molar-refractivity contribution in [1.82, 2.24) is 9.88 Å². The molecule has 0 unspecified atom stereocenters. The average molecular weight is 364 g/mol. The monoisotopic (exact) mass is 364 g/mol. The highest BCUT2D eigenvalue weighted by Gasteiger charge is 2.33. The van der Waals surface area contributed by atoms with E-state index in [0.29, 0.717) is 24.5 Å². The molecule has 1 aromatic heterocycles. The fourth-order valence-corrected chi connectivity index (χ4v) is 3.92. The number of likely N-dealkylation sites (tertiary alicyclic amines) is 1. The maximum Gasteiger partial charge on any atom is 0.276 e. The predicted octanol–water partition coefficient (Wildman–Crippen LogP) is 3.94. The van der Waals surface area contributed by atoms with Gasteiger partial charge in [-0.3, -0.25) is 4.79 Å².